The Morgan fingerprint density at radius 2 is 1.82 bits per heavy atom. The average Bonchev–Trinajstić information content (AvgIpc) is 2.83. The lowest BCUT2D eigenvalue weighted by atomic mass is 9.98. The fourth-order valence-corrected chi connectivity index (χ4v) is 4.06. The summed E-state index contributed by atoms with van der Waals surface area (Å²) in [5, 5.41) is 15.4. The highest BCUT2D eigenvalue weighted by molar-refractivity contribution is 5.94. The number of anilines is 2. The molecule has 1 aliphatic heterocycles. The topological polar surface area (TPSA) is 81.0 Å². The zero-order valence-corrected chi connectivity index (χ0v) is 19.0. The summed E-state index contributed by atoms with van der Waals surface area (Å²) in [7, 11) is 0. The van der Waals surface area contributed by atoms with Crippen molar-refractivity contribution in [1.82, 2.24) is 10.3 Å². The lowest BCUT2D eigenvalue weighted by Crippen LogP contribution is -2.45. The second-order valence-corrected chi connectivity index (χ2v) is 8.79. The van der Waals surface area contributed by atoms with E-state index < -0.39 is 6.04 Å². The number of amides is 1. The number of nitriles is 1. The van der Waals surface area contributed by atoms with E-state index in [0.29, 0.717) is 23.8 Å². The largest absolute Gasteiger partial charge is 0.370 e. The van der Waals surface area contributed by atoms with Gasteiger partial charge in [0.2, 0.25) is 5.91 Å². The van der Waals surface area contributed by atoms with Gasteiger partial charge in [0.15, 0.2) is 0 Å². The Balaban J connectivity index is 1.42. The molecule has 2 aromatic carbocycles. The van der Waals surface area contributed by atoms with Crippen LogP contribution in [0, 0.1) is 17.2 Å². The average molecular weight is 440 g/mol. The zero-order valence-electron chi connectivity index (χ0n) is 19.0. The molecule has 4 rings (SSSR count). The van der Waals surface area contributed by atoms with Gasteiger partial charge in [-0.05, 0) is 47.2 Å². The minimum absolute atomic E-state index is 0.147. The van der Waals surface area contributed by atoms with Gasteiger partial charge in [-0.2, -0.15) is 5.26 Å². The van der Waals surface area contributed by atoms with Crippen molar-refractivity contribution in [3.8, 4) is 6.07 Å². The third-order valence-corrected chi connectivity index (χ3v) is 6.06. The first kappa shape index (κ1) is 22.5. The molecule has 0 aliphatic carbocycles. The number of nitrogens with one attached hydrogen (secondary N) is 2. The van der Waals surface area contributed by atoms with Crippen molar-refractivity contribution in [2.45, 2.75) is 25.8 Å². The fraction of sp³-hybridized carbons (Fsp3) is 0.296. The van der Waals surface area contributed by atoms with Crippen LogP contribution in [0.15, 0.2) is 72.9 Å². The minimum atomic E-state index is -0.510. The molecule has 6 heteroatoms. The number of hydrogen-bond donors (Lipinski definition) is 2. The highest BCUT2D eigenvalue weighted by atomic mass is 16.2. The first-order chi connectivity index (χ1) is 16.0. The maximum Gasteiger partial charge on any atom is 0.247 e. The van der Waals surface area contributed by atoms with E-state index in [2.05, 4.69) is 40.4 Å². The molecule has 2 N–H and O–H groups in total. The number of carbonyl (C=O) groups excluding carboxylic acids is 1. The van der Waals surface area contributed by atoms with Crippen LogP contribution in [-0.2, 0) is 4.79 Å². The van der Waals surface area contributed by atoms with E-state index in [1.54, 1.807) is 0 Å². The van der Waals surface area contributed by atoms with Gasteiger partial charge >= 0.3 is 0 Å². The van der Waals surface area contributed by atoms with E-state index in [1.165, 1.54) is 0 Å². The number of carbonyl (C=O) groups is 1. The number of pyridine rings is 1. The highest BCUT2D eigenvalue weighted by Gasteiger charge is 2.24. The van der Waals surface area contributed by atoms with Gasteiger partial charge in [0, 0.05) is 19.6 Å². The van der Waals surface area contributed by atoms with Crippen molar-refractivity contribution in [2.24, 2.45) is 5.92 Å². The molecule has 168 valence electrons. The van der Waals surface area contributed by atoms with Crippen LogP contribution < -0.4 is 15.5 Å². The van der Waals surface area contributed by atoms with Crippen LogP contribution in [-0.4, -0.2) is 30.5 Å². The summed E-state index contributed by atoms with van der Waals surface area (Å²) in [4.78, 5) is 19.9. The molecule has 1 aromatic heterocycles. The summed E-state index contributed by atoms with van der Waals surface area (Å²) in [6.07, 6.45) is 1.82. The van der Waals surface area contributed by atoms with Crippen molar-refractivity contribution in [3.63, 3.8) is 0 Å². The van der Waals surface area contributed by atoms with Gasteiger partial charge in [-0.3, -0.25) is 4.79 Å². The Bertz CT molecular complexity index is 1100. The molecule has 2 unspecified atom stereocenters. The highest BCUT2D eigenvalue weighted by Crippen LogP contribution is 2.25. The van der Waals surface area contributed by atoms with Gasteiger partial charge in [-0.1, -0.05) is 56.3 Å². The summed E-state index contributed by atoms with van der Waals surface area (Å²) in [5.41, 5.74) is 3.74. The molecule has 0 bridgehead atoms. The van der Waals surface area contributed by atoms with Crippen molar-refractivity contribution in [2.75, 3.05) is 29.9 Å². The molecule has 1 fully saturated rings. The summed E-state index contributed by atoms with van der Waals surface area (Å²) < 4.78 is 0. The first-order valence-electron chi connectivity index (χ1n) is 11.3. The molecular weight excluding hydrogens is 410 g/mol. The lowest BCUT2D eigenvalue weighted by Gasteiger charge is -2.38. The van der Waals surface area contributed by atoms with E-state index in [0.717, 1.165) is 29.9 Å². The van der Waals surface area contributed by atoms with Gasteiger partial charge in [0.1, 0.15) is 11.9 Å². The van der Waals surface area contributed by atoms with E-state index in [-0.39, 0.29) is 11.8 Å². The third kappa shape index (κ3) is 5.57. The zero-order chi connectivity index (χ0) is 23.2. The molecule has 0 saturated carbocycles. The van der Waals surface area contributed by atoms with Gasteiger partial charge < -0.3 is 15.5 Å². The smallest absolute Gasteiger partial charge is 0.247 e. The van der Waals surface area contributed by atoms with Crippen LogP contribution in [0.2, 0.25) is 0 Å². The molecule has 2 atom stereocenters. The van der Waals surface area contributed by atoms with Crippen LogP contribution in [0.4, 0.5) is 11.5 Å². The number of rotatable bonds is 8. The molecule has 2 heterocycles. The molecule has 1 aliphatic rings. The Morgan fingerprint density at radius 1 is 1.09 bits per heavy atom. The molecular formula is C27H29N5O. The van der Waals surface area contributed by atoms with Crippen LogP contribution in [0.25, 0.3) is 0 Å². The SMILES string of the molecule is CC1CN(c2ccc(NC(=O)C(NCC(C)c3ccc(C#N)cc3)c3ccccc3)nc2)C1. The van der Waals surface area contributed by atoms with Crippen LogP contribution in [0.1, 0.15) is 42.5 Å². The molecule has 0 radical (unpaired) electrons. The third-order valence-electron chi connectivity index (χ3n) is 6.06. The lowest BCUT2D eigenvalue weighted by molar-refractivity contribution is -0.118. The molecule has 6 nitrogen and oxygen atoms in total. The van der Waals surface area contributed by atoms with Crippen molar-refractivity contribution >= 4 is 17.4 Å². The van der Waals surface area contributed by atoms with E-state index >= 15 is 0 Å². The fourth-order valence-electron chi connectivity index (χ4n) is 4.06. The Morgan fingerprint density at radius 3 is 2.42 bits per heavy atom. The van der Waals surface area contributed by atoms with Crippen LogP contribution in [0.3, 0.4) is 0 Å². The predicted molar refractivity (Wildman–Crippen MR) is 131 cm³/mol. The standard InChI is InChI=1S/C27H29N5O/c1-19-17-32(18-19)24-12-13-25(29-16-24)31-27(33)26(23-6-4-3-5-7-23)30-15-20(2)22-10-8-21(14-28)9-11-22/h3-13,16,19-20,26,30H,15,17-18H2,1-2H3,(H,29,31,33). The Kier molecular flexibility index (Phi) is 7.01. The van der Waals surface area contributed by atoms with Gasteiger partial charge in [0.05, 0.1) is 23.5 Å². The monoisotopic (exact) mass is 439 g/mol. The van der Waals surface area contributed by atoms with Crippen LogP contribution in [0.5, 0.6) is 0 Å². The predicted octanol–water partition coefficient (Wildman–Crippen LogP) is 4.48. The second kappa shape index (κ2) is 10.3. The maximum atomic E-state index is 13.2. The normalized spacial score (nSPS) is 15.2. The summed E-state index contributed by atoms with van der Waals surface area (Å²) >= 11 is 0. The molecule has 3 aromatic rings. The van der Waals surface area contributed by atoms with Crippen molar-refractivity contribution in [1.29, 1.82) is 5.26 Å². The van der Waals surface area contributed by atoms with E-state index in [9.17, 15) is 4.79 Å². The van der Waals surface area contributed by atoms with E-state index in [1.807, 2.05) is 72.9 Å². The molecule has 1 amide bonds. The molecule has 1 saturated heterocycles. The number of hydrogen-bond acceptors (Lipinski definition) is 5. The molecule has 0 spiro atoms. The maximum absolute atomic E-state index is 13.2. The summed E-state index contributed by atoms with van der Waals surface area (Å²) in [5.74, 6) is 1.29. The minimum Gasteiger partial charge on any atom is -0.370 e. The number of nitrogens with zero attached hydrogens (tertiary/aromatic N) is 3. The first-order valence-corrected chi connectivity index (χ1v) is 11.3. The van der Waals surface area contributed by atoms with Crippen LogP contribution >= 0.6 is 0 Å². The molecule has 33 heavy (non-hydrogen) atoms. The van der Waals surface area contributed by atoms with Gasteiger partial charge in [-0.15, -0.1) is 0 Å². The quantitative estimate of drug-likeness (QED) is 0.541. The number of aromatic nitrogens is 1. The Labute approximate surface area is 195 Å². The second-order valence-electron chi connectivity index (χ2n) is 8.79. The summed E-state index contributed by atoms with van der Waals surface area (Å²) in [6, 6.07) is 22.8. The van der Waals surface area contributed by atoms with Gasteiger partial charge in [-0.25, -0.2) is 4.98 Å². The number of benzene rings is 2. The van der Waals surface area contributed by atoms with Crippen molar-refractivity contribution < 1.29 is 4.79 Å². The summed E-state index contributed by atoms with van der Waals surface area (Å²) in [6.45, 7) is 7.04. The van der Waals surface area contributed by atoms with E-state index in [4.69, 9.17) is 5.26 Å². The Hall–Kier alpha value is -3.69. The van der Waals surface area contributed by atoms with Crippen molar-refractivity contribution in [3.05, 3.63) is 89.6 Å². The van der Waals surface area contributed by atoms with Gasteiger partial charge in [0.25, 0.3) is 0 Å².